The number of thioether (sulfide) groups is 1. The molecule has 0 aliphatic carbocycles. The fourth-order valence-corrected chi connectivity index (χ4v) is 4.03. The maximum absolute atomic E-state index is 12.5. The molecule has 1 atom stereocenters. The van der Waals surface area contributed by atoms with Gasteiger partial charge in [0.2, 0.25) is 5.43 Å². The number of carboxylic acid groups (broad SMARTS) is 2. The highest BCUT2D eigenvalue weighted by Gasteiger charge is 2.39. The third-order valence-corrected chi connectivity index (χ3v) is 5.19. The van der Waals surface area contributed by atoms with E-state index in [1.165, 1.54) is 4.57 Å². The van der Waals surface area contributed by atoms with E-state index in [0.29, 0.717) is 5.52 Å². The highest BCUT2D eigenvalue weighted by atomic mass is 32.2. The van der Waals surface area contributed by atoms with Crippen molar-refractivity contribution in [3.05, 3.63) is 52.2 Å². The second kappa shape index (κ2) is 4.60. The molecule has 2 N–H and O–H groups in total. The fourth-order valence-electron chi connectivity index (χ4n) is 2.95. The van der Waals surface area contributed by atoms with Crippen molar-refractivity contribution in [1.29, 1.82) is 0 Å². The summed E-state index contributed by atoms with van der Waals surface area (Å²) in [6.07, 6.45) is 0. The number of hydrogen-bond donors (Lipinski definition) is 2. The van der Waals surface area contributed by atoms with Crippen molar-refractivity contribution in [3.8, 4) is 0 Å². The van der Waals surface area contributed by atoms with Gasteiger partial charge < -0.3 is 14.8 Å². The van der Waals surface area contributed by atoms with Crippen molar-refractivity contribution in [1.82, 2.24) is 4.57 Å². The van der Waals surface area contributed by atoms with Crippen molar-refractivity contribution in [2.45, 2.75) is 10.4 Å². The van der Waals surface area contributed by atoms with Crippen LogP contribution in [-0.4, -0.2) is 26.7 Å². The van der Waals surface area contributed by atoms with Crippen LogP contribution >= 0.6 is 11.8 Å². The monoisotopic (exact) mass is 327 g/mol. The molecule has 1 unspecified atom stereocenters. The number of nitrogens with zero attached hydrogens (tertiary/aromatic N) is 1. The third-order valence-electron chi connectivity index (χ3n) is 3.93. The molecule has 7 heteroatoms. The molecule has 1 aliphatic heterocycles. The molecule has 0 bridgehead atoms. The summed E-state index contributed by atoms with van der Waals surface area (Å²) in [5.74, 6) is -2.41. The summed E-state index contributed by atoms with van der Waals surface area (Å²) >= 11 is 0.882. The Morgan fingerprint density at radius 1 is 1.04 bits per heavy atom. The first-order valence-corrected chi connectivity index (χ1v) is 7.61. The maximum Gasteiger partial charge on any atom is 0.342 e. The Hall–Kier alpha value is -2.80. The van der Waals surface area contributed by atoms with Gasteiger partial charge >= 0.3 is 11.9 Å². The van der Waals surface area contributed by atoms with E-state index in [1.807, 2.05) is 12.1 Å². The first kappa shape index (κ1) is 13.8. The van der Waals surface area contributed by atoms with Crippen LogP contribution in [0, 0.1) is 0 Å². The molecule has 4 rings (SSSR count). The number of aromatic nitrogens is 1. The molecule has 1 aliphatic rings. The number of fused-ring (bicyclic) bond motifs is 5. The molecular weight excluding hydrogens is 318 g/mol. The predicted octanol–water partition coefficient (Wildman–Crippen LogP) is 2.54. The van der Waals surface area contributed by atoms with Gasteiger partial charge in [0.15, 0.2) is 5.37 Å². The van der Waals surface area contributed by atoms with E-state index >= 15 is 0 Å². The molecule has 6 nitrogen and oxygen atoms in total. The molecule has 0 saturated heterocycles. The van der Waals surface area contributed by atoms with Gasteiger partial charge in [0.25, 0.3) is 0 Å². The molecule has 2 heterocycles. The Morgan fingerprint density at radius 2 is 1.78 bits per heavy atom. The quantitative estimate of drug-likeness (QED) is 0.702. The molecule has 0 fully saturated rings. The summed E-state index contributed by atoms with van der Waals surface area (Å²) < 4.78 is 1.44. The lowest BCUT2D eigenvalue weighted by Gasteiger charge is -2.32. The van der Waals surface area contributed by atoms with Gasteiger partial charge in [-0.1, -0.05) is 42.1 Å². The van der Waals surface area contributed by atoms with Gasteiger partial charge in [-0.15, -0.1) is 0 Å². The number of pyridine rings is 1. The minimum absolute atomic E-state index is 0.193. The standard InChI is InChI=1S/C16H9NO5S/c18-12-9-6-5-7-3-1-2-4-8(7)11(9)17-13(10(12)15(19)20)23-14(17)16(21)22/h1-6,14H,(H,19,20)(H,21,22). The Labute approximate surface area is 133 Å². The number of carbonyl (C=O) groups is 2. The van der Waals surface area contributed by atoms with E-state index in [4.69, 9.17) is 0 Å². The van der Waals surface area contributed by atoms with Crippen LogP contribution in [0.5, 0.6) is 0 Å². The molecular formula is C16H9NO5S. The van der Waals surface area contributed by atoms with Gasteiger partial charge in [-0.3, -0.25) is 4.79 Å². The lowest BCUT2D eigenvalue weighted by atomic mass is 10.0. The average molecular weight is 327 g/mol. The smallest absolute Gasteiger partial charge is 0.342 e. The van der Waals surface area contributed by atoms with Crippen LogP contribution in [0.25, 0.3) is 21.7 Å². The van der Waals surface area contributed by atoms with Crippen LogP contribution < -0.4 is 5.43 Å². The molecule has 0 saturated carbocycles. The second-order valence-corrected chi connectivity index (χ2v) is 6.24. The van der Waals surface area contributed by atoms with Gasteiger partial charge in [-0.2, -0.15) is 0 Å². The van der Waals surface area contributed by atoms with Gasteiger partial charge in [0.1, 0.15) is 5.56 Å². The van der Waals surface area contributed by atoms with Gasteiger partial charge in [0.05, 0.1) is 10.5 Å². The van der Waals surface area contributed by atoms with Crippen LogP contribution in [0.2, 0.25) is 0 Å². The van der Waals surface area contributed by atoms with Crippen LogP contribution in [0.4, 0.5) is 0 Å². The molecule has 23 heavy (non-hydrogen) atoms. The van der Waals surface area contributed by atoms with Crippen LogP contribution in [-0.2, 0) is 4.79 Å². The topological polar surface area (TPSA) is 96.6 Å². The SMILES string of the molecule is O=C(O)c1c2n(c3c(ccc4ccccc43)c1=O)C(C(=O)O)S2. The largest absolute Gasteiger partial charge is 0.479 e. The van der Waals surface area contributed by atoms with Gasteiger partial charge in [-0.25, -0.2) is 9.59 Å². The first-order chi connectivity index (χ1) is 11.0. The molecule has 1 aromatic heterocycles. The Balaban J connectivity index is 2.27. The summed E-state index contributed by atoms with van der Waals surface area (Å²) in [5, 5.41) is 19.7. The van der Waals surface area contributed by atoms with E-state index in [-0.39, 0.29) is 16.0 Å². The van der Waals surface area contributed by atoms with Crippen LogP contribution in [0.3, 0.4) is 0 Å². The fraction of sp³-hybridized carbons (Fsp3) is 0.0625. The summed E-state index contributed by atoms with van der Waals surface area (Å²) in [7, 11) is 0. The molecule has 0 amide bonds. The summed E-state index contributed by atoms with van der Waals surface area (Å²) in [4.78, 5) is 35.4. The number of carboxylic acids is 2. The van der Waals surface area contributed by atoms with Gasteiger partial charge in [0, 0.05) is 10.8 Å². The van der Waals surface area contributed by atoms with Crippen LogP contribution in [0.1, 0.15) is 15.7 Å². The van der Waals surface area contributed by atoms with E-state index in [0.717, 1.165) is 22.5 Å². The number of hydrogen-bond acceptors (Lipinski definition) is 4. The van der Waals surface area contributed by atoms with E-state index in [9.17, 15) is 24.6 Å². The van der Waals surface area contributed by atoms with Crippen molar-refractivity contribution in [2.75, 3.05) is 0 Å². The minimum Gasteiger partial charge on any atom is -0.479 e. The Bertz CT molecular complexity index is 1090. The normalized spacial score (nSPS) is 16.1. The number of aliphatic carboxylic acids is 1. The lowest BCUT2D eigenvalue weighted by molar-refractivity contribution is -0.138. The van der Waals surface area contributed by atoms with Crippen molar-refractivity contribution in [3.63, 3.8) is 0 Å². The van der Waals surface area contributed by atoms with Gasteiger partial charge in [-0.05, 0) is 11.5 Å². The van der Waals surface area contributed by atoms with Crippen LogP contribution in [0.15, 0.2) is 46.2 Å². The summed E-state index contributed by atoms with van der Waals surface area (Å²) in [5.41, 5.74) is -0.477. The number of rotatable bonds is 2. The lowest BCUT2D eigenvalue weighted by Crippen LogP contribution is -2.32. The van der Waals surface area contributed by atoms with Crippen molar-refractivity contribution < 1.29 is 19.8 Å². The van der Waals surface area contributed by atoms with E-state index in [1.54, 1.807) is 24.3 Å². The molecule has 2 aromatic carbocycles. The zero-order valence-electron chi connectivity index (χ0n) is 11.5. The number of aromatic carboxylic acids is 1. The maximum atomic E-state index is 12.5. The van der Waals surface area contributed by atoms with Crippen molar-refractivity contribution in [2.24, 2.45) is 0 Å². The molecule has 0 spiro atoms. The molecule has 3 aromatic rings. The van der Waals surface area contributed by atoms with E-state index < -0.39 is 22.7 Å². The minimum atomic E-state index is -1.34. The Kier molecular flexibility index (Phi) is 2.76. The van der Waals surface area contributed by atoms with E-state index in [2.05, 4.69) is 0 Å². The highest BCUT2D eigenvalue weighted by Crippen LogP contribution is 2.47. The first-order valence-electron chi connectivity index (χ1n) is 6.73. The zero-order valence-corrected chi connectivity index (χ0v) is 12.3. The highest BCUT2D eigenvalue weighted by molar-refractivity contribution is 8.01. The molecule has 0 radical (unpaired) electrons. The average Bonchev–Trinajstić information content (AvgIpc) is 2.49. The van der Waals surface area contributed by atoms with Crippen molar-refractivity contribution >= 4 is 45.4 Å². The Morgan fingerprint density at radius 3 is 2.48 bits per heavy atom. The predicted molar refractivity (Wildman–Crippen MR) is 85.2 cm³/mol. The second-order valence-electron chi connectivity index (χ2n) is 5.18. The summed E-state index contributed by atoms with van der Waals surface area (Å²) in [6, 6.07) is 10.6. The molecule has 114 valence electrons. The zero-order chi connectivity index (χ0) is 16.3. The number of benzene rings is 2. The third kappa shape index (κ3) is 1.74. The summed E-state index contributed by atoms with van der Waals surface area (Å²) in [6.45, 7) is 0.